The summed E-state index contributed by atoms with van der Waals surface area (Å²) in [6, 6.07) is 9.70. The molecule has 1 saturated carbocycles. The topological polar surface area (TPSA) is 135 Å². The van der Waals surface area contributed by atoms with E-state index in [2.05, 4.69) is 25.5 Å². The number of nitriles is 1. The minimum Gasteiger partial charge on any atom is -0.496 e. The lowest BCUT2D eigenvalue weighted by Gasteiger charge is -2.22. The van der Waals surface area contributed by atoms with E-state index in [0.717, 1.165) is 49.1 Å². The normalized spacial score (nSPS) is 18.6. The van der Waals surface area contributed by atoms with Gasteiger partial charge in [0.1, 0.15) is 29.5 Å². The van der Waals surface area contributed by atoms with E-state index in [9.17, 15) is 0 Å². The Morgan fingerprint density at radius 1 is 1.16 bits per heavy atom. The maximum atomic E-state index is 8.85. The number of hydrogen-bond donors (Lipinski definition) is 3. The molecular weight excluding hydrogens is 394 g/mol. The van der Waals surface area contributed by atoms with Gasteiger partial charge in [-0.1, -0.05) is 12.5 Å². The summed E-state index contributed by atoms with van der Waals surface area (Å²) in [5, 5.41) is 19.3. The predicted molar refractivity (Wildman–Crippen MR) is 116 cm³/mol. The third-order valence-corrected chi connectivity index (χ3v) is 5.29. The number of H-pyrrole nitrogens is 1. The van der Waals surface area contributed by atoms with Gasteiger partial charge in [0.25, 0.3) is 0 Å². The Labute approximate surface area is 180 Å². The first-order valence-electron chi connectivity index (χ1n) is 10.3. The number of anilines is 2. The first-order chi connectivity index (χ1) is 15.2. The van der Waals surface area contributed by atoms with Gasteiger partial charge in [-0.15, -0.1) is 0 Å². The molecule has 0 aliphatic heterocycles. The molecule has 0 radical (unpaired) electrons. The monoisotopic (exact) mass is 419 g/mol. The number of hydrogen-bond acceptors (Lipinski definition) is 8. The molecule has 2 atom stereocenters. The molecule has 4 N–H and O–H groups in total. The molecule has 1 aromatic carbocycles. The first-order valence-corrected chi connectivity index (χ1v) is 10.3. The van der Waals surface area contributed by atoms with E-state index in [1.54, 1.807) is 7.11 Å². The minimum atomic E-state index is 0.0674. The van der Waals surface area contributed by atoms with Crippen molar-refractivity contribution < 1.29 is 9.47 Å². The molecule has 1 aliphatic carbocycles. The van der Waals surface area contributed by atoms with Gasteiger partial charge in [-0.25, -0.2) is 9.97 Å². The maximum Gasteiger partial charge on any atom is 0.158 e. The lowest BCUT2D eigenvalue weighted by molar-refractivity contribution is 0.178. The lowest BCUT2D eigenvalue weighted by Crippen LogP contribution is -2.27. The van der Waals surface area contributed by atoms with Crippen LogP contribution in [0, 0.1) is 11.3 Å². The van der Waals surface area contributed by atoms with E-state index in [-0.39, 0.29) is 17.8 Å². The van der Waals surface area contributed by atoms with E-state index in [1.165, 1.54) is 12.4 Å². The highest BCUT2D eigenvalue weighted by Gasteiger charge is 2.22. The van der Waals surface area contributed by atoms with Gasteiger partial charge in [0.05, 0.1) is 30.8 Å². The fourth-order valence-corrected chi connectivity index (χ4v) is 3.78. The lowest BCUT2D eigenvalue weighted by atomic mass is 10.1. The zero-order valence-corrected chi connectivity index (χ0v) is 17.3. The van der Waals surface area contributed by atoms with Crippen LogP contribution >= 0.6 is 0 Å². The summed E-state index contributed by atoms with van der Waals surface area (Å²) >= 11 is 0. The Balaban J connectivity index is 1.59. The van der Waals surface area contributed by atoms with Crippen LogP contribution in [-0.4, -0.2) is 39.4 Å². The van der Waals surface area contributed by atoms with Crippen molar-refractivity contribution in [2.24, 2.45) is 5.73 Å². The molecule has 3 aromatic rings. The van der Waals surface area contributed by atoms with E-state index < -0.39 is 0 Å². The third kappa shape index (κ3) is 4.92. The van der Waals surface area contributed by atoms with Crippen LogP contribution in [0.5, 0.6) is 11.5 Å². The van der Waals surface area contributed by atoms with Crippen LogP contribution in [0.15, 0.2) is 36.7 Å². The molecule has 0 amide bonds. The van der Waals surface area contributed by atoms with Gasteiger partial charge >= 0.3 is 0 Å². The van der Waals surface area contributed by atoms with E-state index in [1.807, 2.05) is 30.3 Å². The molecule has 0 saturated heterocycles. The standard InChI is InChI=1S/C22H25N7O2/c1-30-18-7-4-8-19(31-16-6-3-2-5-14(24)9-16)22(18)17-10-20(29-28-17)27-21-13-25-15(11-23)12-26-21/h4,7-8,10,12-14,16H,2-3,5-6,9,24H2,1H3,(H2,26,27,28,29)/t14-,16+/m1/s1. The molecule has 0 unspecified atom stereocenters. The van der Waals surface area contributed by atoms with Crippen molar-refractivity contribution in [1.82, 2.24) is 20.2 Å². The summed E-state index contributed by atoms with van der Waals surface area (Å²) in [6.45, 7) is 0. The number of benzene rings is 1. The number of aromatic amines is 1. The highest BCUT2D eigenvalue weighted by molar-refractivity contribution is 5.76. The second kappa shape index (κ2) is 9.45. The number of nitrogens with two attached hydrogens (primary N) is 1. The fraction of sp³-hybridized carbons (Fsp3) is 0.364. The van der Waals surface area contributed by atoms with E-state index in [0.29, 0.717) is 17.4 Å². The summed E-state index contributed by atoms with van der Waals surface area (Å²) in [5.74, 6) is 2.46. The molecule has 2 aromatic heterocycles. The van der Waals surface area contributed by atoms with Crippen molar-refractivity contribution in [3.05, 3.63) is 42.4 Å². The molecule has 9 nitrogen and oxygen atoms in total. The van der Waals surface area contributed by atoms with Crippen LogP contribution in [0.1, 0.15) is 37.8 Å². The van der Waals surface area contributed by atoms with Crippen LogP contribution in [0.25, 0.3) is 11.3 Å². The molecule has 2 heterocycles. The van der Waals surface area contributed by atoms with Gasteiger partial charge in [-0.05, 0) is 37.8 Å². The molecule has 160 valence electrons. The quantitative estimate of drug-likeness (QED) is 0.517. The number of ether oxygens (including phenoxy) is 2. The Hall–Kier alpha value is -3.64. The maximum absolute atomic E-state index is 8.85. The van der Waals surface area contributed by atoms with Crippen LogP contribution in [0.2, 0.25) is 0 Å². The average Bonchev–Trinajstić information content (AvgIpc) is 3.14. The van der Waals surface area contributed by atoms with Crippen molar-refractivity contribution >= 4 is 11.6 Å². The fourth-order valence-electron chi connectivity index (χ4n) is 3.78. The van der Waals surface area contributed by atoms with Gasteiger partial charge < -0.3 is 20.5 Å². The summed E-state index contributed by atoms with van der Waals surface area (Å²) in [7, 11) is 1.63. The van der Waals surface area contributed by atoms with Crippen molar-refractivity contribution in [1.29, 1.82) is 5.26 Å². The number of methoxy groups -OCH3 is 1. The smallest absolute Gasteiger partial charge is 0.158 e. The molecule has 1 aliphatic rings. The first kappa shape index (κ1) is 20.6. The predicted octanol–water partition coefficient (Wildman–Crippen LogP) is 3.53. The van der Waals surface area contributed by atoms with Crippen molar-refractivity contribution in [2.45, 2.75) is 44.2 Å². The molecule has 1 fully saturated rings. The van der Waals surface area contributed by atoms with Crippen LogP contribution in [0.3, 0.4) is 0 Å². The zero-order chi connectivity index (χ0) is 21.6. The summed E-state index contributed by atoms with van der Waals surface area (Å²) in [6.07, 6.45) is 8.07. The zero-order valence-electron chi connectivity index (χ0n) is 17.3. The van der Waals surface area contributed by atoms with Gasteiger partial charge in [-0.3, -0.25) is 5.10 Å². The molecule has 4 rings (SSSR count). The average molecular weight is 419 g/mol. The minimum absolute atomic E-state index is 0.0674. The van der Waals surface area contributed by atoms with Crippen LogP contribution in [-0.2, 0) is 0 Å². The Bertz CT molecular complexity index is 1060. The third-order valence-electron chi connectivity index (χ3n) is 5.29. The van der Waals surface area contributed by atoms with Gasteiger partial charge in [-0.2, -0.15) is 10.4 Å². The van der Waals surface area contributed by atoms with Gasteiger partial charge in [0.15, 0.2) is 11.5 Å². The number of nitrogens with one attached hydrogen (secondary N) is 2. The van der Waals surface area contributed by atoms with Crippen molar-refractivity contribution in [3.8, 4) is 28.8 Å². The number of nitrogens with zero attached hydrogens (tertiary/aromatic N) is 4. The van der Waals surface area contributed by atoms with Crippen LogP contribution < -0.4 is 20.5 Å². The molecule has 31 heavy (non-hydrogen) atoms. The Morgan fingerprint density at radius 2 is 2.00 bits per heavy atom. The Morgan fingerprint density at radius 3 is 2.77 bits per heavy atom. The highest BCUT2D eigenvalue weighted by Crippen LogP contribution is 2.39. The second-order valence-corrected chi connectivity index (χ2v) is 7.54. The van der Waals surface area contributed by atoms with Crippen molar-refractivity contribution in [2.75, 3.05) is 12.4 Å². The molecule has 0 spiro atoms. The summed E-state index contributed by atoms with van der Waals surface area (Å²) in [4.78, 5) is 8.16. The molecule has 0 bridgehead atoms. The Kier molecular flexibility index (Phi) is 6.29. The molecule has 9 heteroatoms. The van der Waals surface area contributed by atoms with Crippen LogP contribution in [0.4, 0.5) is 11.6 Å². The van der Waals surface area contributed by atoms with Crippen molar-refractivity contribution in [3.63, 3.8) is 0 Å². The van der Waals surface area contributed by atoms with E-state index >= 15 is 0 Å². The number of aromatic nitrogens is 4. The molecular formula is C22H25N7O2. The van der Waals surface area contributed by atoms with Gasteiger partial charge in [0, 0.05) is 12.1 Å². The van der Waals surface area contributed by atoms with E-state index in [4.69, 9.17) is 20.5 Å². The summed E-state index contributed by atoms with van der Waals surface area (Å²) < 4.78 is 12.0. The SMILES string of the molecule is COc1cccc(O[C@H]2CCCC[C@@H](N)C2)c1-c1cc(Nc2cnc(C#N)cn2)n[nH]1. The largest absolute Gasteiger partial charge is 0.496 e. The van der Waals surface area contributed by atoms with Gasteiger partial charge in [0.2, 0.25) is 0 Å². The highest BCUT2D eigenvalue weighted by atomic mass is 16.5. The summed E-state index contributed by atoms with van der Waals surface area (Å²) in [5.41, 5.74) is 8.02. The second-order valence-electron chi connectivity index (χ2n) is 7.54. The number of rotatable bonds is 6.